The molecule has 1 N–H and O–H groups in total. The normalized spacial score (nSPS) is 12.2. The fourth-order valence-electron chi connectivity index (χ4n) is 1.74. The Balaban J connectivity index is 2.59. The van der Waals surface area contributed by atoms with Gasteiger partial charge in [-0.2, -0.15) is 0 Å². The third kappa shape index (κ3) is 4.36. The molecule has 1 atom stereocenters. The predicted octanol–water partition coefficient (Wildman–Crippen LogP) is 1.97. The molecule has 4 heteroatoms. The van der Waals surface area contributed by atoms with Gasteiger partial charge in [0.25, 0.3) is 0 Å². The first-order chi connectivity index (χ1) is 8.04. The molecule has 3 nitrogen and oxygen atoms in total. The molecule has 1 unspecified atom stereocenters. The minimum Gasteiger partial charge on any atom is -0.395 e. The lowest BCUT2D eigenvalue weighted by Gasteiger charge is -2.20. The Morgan fingerprint density at radius 2 is 2.24 bits per heavy atom. The zero-order valence-electron chi connectivity index (χ0n) is 10.2. The van der Waals surface area contributed by atoms with Crippen molar-refractivity contribution in [2.24, 2.45) is 5.92 Å². The highest BCUT2D eigenvalue weighted by atomic mass is 35.5. The van der Waals surface area contributed by atoms with E-state index in [1.165, 1.54) is 0 Å². The number of nitrogens with zero attached hydrogens (tertiary/aromatic N) is 1. The number of carbonyl (C=O) groups is 1. The molecule has 0 bridgehead atoms. The van der Waals surface area contributed by atoms with Crippen LogP contribution in [0.15, 0.2) is 24.3 Å². The monoisotopic (exact) mass is 255 g/mol. The number of amides is 1. The Bertz CT molecular complexity index is 381. The van der Waals surface area contributed by atoms with Crippen LogP contribution in [0.5, 0.6) is 0 Å². The lowest BCUT2D eigenvalue weighted by molar-refractivity contribution is -0.134. The van der Waals surface area contributed by atoms with Gasteiger partial charge >= 0.3 is 0 Å². The summed E-state index contributed by atoms with van der Waals surface area (Å²) in [5.41, 5.74) is 1.05. The van der Waals surface area contributed by atoms with Gasteiger partial charge < -0.3 is 10.0 Å². The summed E-state index contributed by atoms with van der Waals surface area (Å²) < 4.78 is 0. The molecule has 0 aliphatic carbocycles. The SMILES string of the molecule is CC(Cc1cccc(Cl)c1)C(=O)N(C)CCO. The largest absolute Gasteiger partial charge is 0.395 e. The zero-order valence-corrected chi connectivity index (χ0v) is 10.9. The fraction of sp³-hybridized carbons (Fsp3) is 0.462. The van der Waals surface area contributed by atoms with E-state index in [9.17, 15) is 4.79 Å². The molecule has 0 radical (unpaired) electrons. The lowest BCUT2D eigenvalue weighted by atomic mass is 10.00. The summed E-state index contributed by atoms with van der Waals surface area (Å²) in [6.07, 6.45) is 0.662. The average molecular weight is 256 g/mol. The van der Waals surface area contributed by atoms with Gasteiger partial charge in [-0.15, -0.1) is 0 Å². The maximum Gasteiger partial charge on any atom is 0.225 e. The Labute approximate surface area is 107 Å². The van der Waals surface area contributed by atoms with Crippen LogP contribution in [-0.2, 0) is 11.2 Å². The fourth-order valence-corrected chi connectivity index (χ4v) is 1.95. The van der Waals surface area contributed by atoms with E-state index in [-0.39, 0.29) is 18.4 Å². The first kappa shape index (κ1) is 14.0. The maximum absolute atomic E-state index is 11.9. The van der Waals surface area contributed by atoms with Gasteiger partial charge in [0.05, 0.1) is 6.61 Å². The number of hydrogen-bond donors (Lipinski definition) is 1. The molecule has 0 spiro atoms. The molecule has 0 saturated carbocycles. The summed E-state index contributed by atoms with van der Waals surface area (Å²) in [5.74, 6) is -0.0657. The van der Waals surface area contributed by atoms with Crippen LogP contribution in [-0.4, -0.2) is 36.1 Å². The van der Waals surface area contributed by atoms with E-state index >= 15 is 0 Å². The number of halogens is 1. The molecule has 0 heterocycles. The smallest absolute Gasteiger partial charge is 0.225 e. The minimum absolute atomic E-state index is 0.00781. The molecule has 17 heavy (non-hydrogen) atoms. The highest BCUT2D eigenvalue weighted by Gasteiger charge is 2.17. The lowest BCUT2D eigenvalue weighted by Crippen LogP contribution is -2.34. The van der Waals surface area contributed by atoms with Gasteiger partial charge in [-0.1, -0.05) is 30.7 Å². The van der Waals surface area contributed by atoms with Crippen LogP contribution < -0.4 is 0 Å². The van der Waals surface area contributed by atoms with Crippen LogP contribution in [0.3, 0.4) is 0 Å². The maximum atomic E-state index is 11.9. The number of aliphatic hydroxyl groups is 1. The molecular weight excluding hydrogens is 238 g/mol. The van der Waals surface area contributed by atoms with Crippen LogP contribution in [0.1, 0.15) is 12.5 Å². The molecule has 1 rings (SSSR count). The molecule has 0 saturated heterocycles. The summed E-state index contributed by atoms with van der Waals surface area (Å²) in [6.45, 7) is 2.25. The number of hydrogen-bond acceptors (Lipinski definition) is 2. The molecule has 0 fully saturated rings. The minimum atomic E-state index is -0.106. The van der Waals surface area contributed by atoms with Crippen molar-refractivity contribution < 1.29 is 9.90 Å². The van der Waals surface area contributed by atoms with Gasteiger partial charge in [0.15, 0.2) is 0 Å². The summed E-state index contributed by atoms with van der Waals surface area (Å²) in [5, 5.41) is 9.47. The van der Waals surface area contributed by atoms with Gasteiger partial charge in [0.2, 0.25) is 5.91 Å². The number of likely N-dealkylation sites (N-methyl/N-ethyl adjacent to an activating group) is 1. The third-order valence-corrected chi connectivity index (χ3v) is 2.90. The predicted molar refractivity (Wildman–Crippen MR) is 69.0 cm³/mol. The van der Waals surface area contributed by atoms with E-state index in [4.69, 9.17) is 16.7 Å². The first-order valence-electron chi connectivity index (χ1n) is 5.65. The van der Waals surface area contributed by atoms with Crippen LogP contribution in [0.2, 0.25) is 5.02 Å². The highest BCUT2D eigenvalue weighted by Crippen LogP contribution is 2.15. The van der Waals surface area contributed by atoms with Crippen molar-refractivity contribution in [2.75, 3.05) is 20.2 Å². The van der Waals surface area contributed by atoms with Crippen molar-refractivity contribution in [1.82, 2.24) is 4.90 Å². The van der Waals surface area contributed by atoms with Gasteiger partial charge in [-0.05, 0) is 24.1 Å². The van der Waals surface area contributed by atoms with Crippen molar-refractivity contribution in [2.45, 2.75) is 13.3 Å². The molecular formula is C13H18ClNO2. The van der Waals surface area contributed by atoms with E-state index in [0.29, 0.717) is 18.0 Å². The Morgan fingerprint density at radius 3 is 2.82 bits per heavy atom. The van der Waals surface area contributed by atoms with E-state index in [1.807, 2.05) is 31.2 Å². The second-order valence-electron chi connectivity index (χ2n) is 4.22. The van der Waals surface area contributed by atoms with Gasteiger partial charge in [-0.25, -0.2) is 0 Å². The number of rotatable bonds is 5. The molecule has 0 aliphatic heterocycles. The Hall–Kier alpha value is -1.06. The molecule has 0 aliphatic rings. The topological polar surface area (TPSA) is 40.5 Å². The van der Waals surface area contributed by atoms with Crippen molar-refractivity contribution in [3.05, 3.63) is 34.9 Å². The number of benzene rings is 1. The quantitative estimate of drug-likeness (QED) is 0.874. The standard InChI is InChI=1S/C13H18ClNO2/c1-10(13(17)15(2)6-7-16)8-11-4-3-5-12(14)9-11/h3-5,9-10,16H,6-8H2,1-2H3. The van der Waals surface area contributed by atoms with E-state index in [2.05, 4.69) is 0 Å². The third-order valence-electron chi connectivity index (χ3n) is 2.66. The van der Waals surface area contributed by atoms with Crippen molar-refractivity contribution >= 4 is 17.5 Å². The van der Waals surface area contributed by atoms with Crippen molar-refractivity contribution in [1.29, 1.82) is 0 Å². The summed E-state index contributed by atoms with van der Waals surface area (Å²) in [6, 6.07) is 7.53. The molecule has 0 aromatic heterocycles. The van der Waals surface area contributed by atoms with Crippen LogP contribution in [0.25, 0.3) is 0 Å². The second-order valence-corrected chi connectivity index (χ2v) is 4.65. The van der Waals surface area contributed by atoms with Crippen LogP contribution in [0.4, 0.5) is 0 Å². The van der Waals surface area contributed by atoms with E-state index in [1.54, 1.807) is 11.9 Å². The van der Waals surface area contributed by atoms with E-state index < -0.39 is 0 Å². The van der Waals surface area contributed by atoms with Crippen LogP contribution >= 0.6 is 11.6 Å². The summed E-state index contributed by atoms with van der Waals surface area (Å²) in [7, 11) is 1.70. The van der Waals surface area contributed by atoms with Crippen molar-refractivity contribution in [3.8, 4) is 0 Å². The summed E-state index contributed by atoms with van der Waals surface area (Å²) in [4.78, 5) is 13.5. The summed E-state index contributed by atoms with van der Waals surface area (Å²) >= 11 is 5.89. The zero-order chi connectivity index (χ0) is 12.8. The van der Waals surface area contributed by atoms with Gasteiger partial charge in [0.1, 0.15) is 0 Å². The first-order valence-corrected chi connectivity index (χ1v) is 6.02. The van der Waals surface area contributed by atoms with E-state index in [0.717, 1.165) is 5.56 Å². The number of aliphatic hydroxyl groups excluding tert-OH is 1. The van der Waals surface area contributed by atoms with Gasteiger partial charge in [0, 0.05) is 24.5 Å². The van der Waals surface area contributed by atoms with Crippen LogP contribution in [0, 0.1) is 5.92 Å². The Kier molecular flexibility index (Phi) is 5.45. The van der Waals surface area contributed by atoms with Crippen molar-refractivity contribution in [3.63, 3.8) is 0 Å². The molecule has 94 valence electrons. The highest BCUT2D eigenvalue weighted by molar-refractivity contribution is 6.30. The molecule has 1 amide bonds. The Morgan fingerprint density at radius 1 is 1.53 bits per heavy atom. The average Bonchev–Trinajstić information content (AvgIpc) is 2.28. The van der Waals surface area contributed by atoms with Gasteiger partial charge in [-0.3, -0.25) is 4.79 Å². The molecule has 1 aromatic carbocycles. The molecule has 1 aromatic rings. The number of carbonyl (C=O) groups excluding carboxylic acids is 1. The second kappa shape index (κ2) is 6.62.